The lowest BCUT2D eigenvalue weighted by molar-refractivity contribution is -0.127. The summed E-state index contributed by atoms with van der Waals surface area (Å²) in [5.74, 6) is 1.06. The van der Waals surface area contributed by atoms with Crippen LogP contribution in [0.4, 0.5) is 0 Å². The van der Waals surface area contributed by atoms with E-state index in [1.807, 2.05) is 19.9 Å². The van der Waals surface area contributed by atoms with E-state index in [-0.39, 0.29) is 5.91 Å². The molecule has 0 fully saturated rings. The third kappa shape index (κ3) is 5.59. The molecule has 1 atom stereocenters. The first-order chi connectivity index (χ1) is 12.8. The van der Waals surface area contributed by atoms with Crippen LogP contribution in [0.2, 0.25) is 0 Å². The van der Waals surface area contributed by atoms with E-state index in [2.05, 4.69) is 63.3 Å². The number of amides is 1. The highest BCUT2D eigenvalue weighted by Crippen LogP contribution is 2.28. The van der Waals surface area contributed by atoms with Gasteiger partial charge in [0.25, 0.3) is 5.91 Å². The van der Waals surface area contributed by atoms with Gasteiger partial charge in [0.05, 0.1) is 0 Å². The summed E-state index contributed by atoms with van der Waals surface area (Å²) in [4.78, 5) is 12.6. The van der Waals surface area contributed by atoms with Crippen LogP contribution >= 0.6 is 0 Å². The monoisotopic (exact) mass is 367 g/mol. The minimum Gasteiger partial charge on any atom is -0.481 e. The maximum absolute atomic E-state index is 12.6. The molecule has 1 N–H and O–H groups in total. The first kappa shape index (κ1) is 21.0. The Morgan fingerprint density at radius 2 is 1.74 bits per heavy atom. The molecule has 2 aromatic rings. The molecule has 0 aliphatic carbocycles. The number of hydrogen-bond acceptors (Lipinski definition) is 2. The molecule has 1 unspecified atom stereocenters. The van der Waals surface area contributed by atoms with Gasteiger partial charge in [0.1, 0.15) is 5.75 Å². The van der Waals surface area contributed by atoms with Gasteiger partial charge in [-0.3, -0.25) is 4.79 Å². The lowest BCUT2D eigenvalue weighted by Gasteiger charge is -2.20. The lowest BCUT2D eigenvalue weighted by atomic mass is 10.0. The summed E-state index contributed by atoms with van der Waals surface area (Å²) in [7, 11) is 0. The minimum absolute atomic E-state index is 0.0878. The summed E-state index contributed by atoms with van der Waals surface area (Å²) in [6.07, 6.45) is 1.42. The molecule has 27 heavy (non-hydrogen) atoms. The number of benzene rings is 2. The van der Waals surface area contributed by atoms with Crippen LogP contribution in [0.3, 0.4) is 0 Å². The lowest BCUT2D eigenvalue weighted by Crippen LogP contribution is -2.36. The second kappa shape index (κ2) is 9.59. The second-order valence-electron chi connectivity index (χ2n) is 7.48. The van der Waals surface area contributed by atoms with Crippen molar-refractivity contribution in [3.8, 4) is 5.75 Å². The fourth-order valence-electron chi connectivity index (χ4n) is 3.20. The van der Waals surface area contributed by atoms with Crippen LogP contribution in [-0.2, 0) is 24.2 Å². The molecule has 0 aromatic heterocycles. The van der Waals surface area contributed by atoms with Crippen LogP contribution in [0.5, 0.6) is 5.75 Å². The van der Waals surface area contributed by atoms with Crippen LogP contribution in [-0.4, -0.2) is 12.0 Å². The van der Waals surface area contributed by atoms with E-state index in [1.54, 1.807) is 0 Å². The highest BCUT2D eigenvalue weighted by Gasteiger charge is 2.18. The van der Waals surface area contributed by atoms with E-state index in [9.17, 15) is 4.79 Å². The van der Waals surface area contributed by atoms with E-state index in [0.717, 1.165) is 29.7 Å². The number of rotatable bonds is 8. The molecule has 0 aliphatic rings. The zero-order valence-corrected chi connectivity index (χ0v) is 17.6. The standard InChI is InChI=1S/C24H33NO2/c1-7-19-10-11-20(8-2)21(14-19)15-25-24(26)18(6)27-23-13-17(5)9-12-22(23)16(3)4/h9-14,16,18H,7-8,15H2,1-6H3,(H,25,26). The van der Waals surface area contributed by atoms with Crippen molar-refractivity contribution in [2.75, 3.05) is 0 Å². The Bertz CT molecular complexity index is 780. The summed E-state index contributed by atoms with van der Waals surface area (Å²) >= 11 is 0. The van der Waals surface area contributed by atoms with Gasteiger partial charge in [0, 0.05) is 6.54 Å². The molecule has 146 valence electrons. The highest BCUT2D eigenvalue weighted by atomic mass is 16.5. The van der Waals surface area contributed by atoms with Gasteiger partial charge < -0.3 is 10.1 Å². The van der Waals surface area contributed by atoms with Gasteiger partial charge >= 0.3 is 0 Å². The van der Waals surface area contributed by atoms with Crippen molar-refractivity contribution >= 4 is 5.91 Å². The maximum Gasteiger partial charge on any atom is 0.261 e. The quantitative estimate of drug-likeness (QED) is 0.685. The minimum atomic E-state index is -0.538. The number of aryl methyl sites for hydroxylation is 3. The van der Waals surface area contributed by atoms with Crippen molar-refractivity contribution < 1.29 is 9.53 Å². The normalized spacial score (nSPS) is 12.1. The van der Waals surface area contributed by atoms with Gasteiger partial charge in [-0.05, 0) is 66.5 Å². The first-order valence-corrected chi connectivity index (χ1v) is 10.0. The van der Waals surface area contributed by atoms with Crippen molar-refractivity contribution in [3.63, 3.8) is 0 Å². The Balaban J connectivity index is 2.06. The van der Waals surface area contributed by atoms with E-state index in [1.165, 1.54) is 16.7 Å². The Morgan fingerprint density at radius 3 is 2.37 bits per heavy atom. The largest absolute Gasteiger partial charge is 0.481 e. The zero-order valence-electron chi connectivity index (χ0n) is 17.6. The smallest absolute Gasteiger partial charge is 0.261 e. The van der Waals surface area contributed by atoms with Crippen LogP contribution in [0.25, 0.3) is 0 Å². The zero-order chi connectivity index (χ0) is 20.0. The second-order valence-corrected chi connectivity index (χ2v) is 7.48. The number of ether oxygens (including phenoxy) is 1. The SMILES string of the molecule is CCc1ccc(CC)c(CNC(=O)C(C)Oc2cc(C)ccc2C(C)C)c1. The Labute approximate surface area is 164 Å². The van der Waals surface area contributed by atoms with Crippen molar-refractivity contribution in [2.45, 2.75) is 73.0 Å². The van der Waals surface area contributed by atoms with Crippen molar-refractivity contribution in [1.82, 2.24) is 5.32 Å². The molecule has 0 aliphatic heterocycles. The fraction of sp³-hybridized carbons (Fsp3) is 0.458. The molecule has 0 saturated heterocycles. The maximum atomic E-state index is 12.6. The molecular weight excluding hydrogens is 334 g/mol. The Morgan fingerprint density at radius 1 is 1.00 bits per heavy atom. The molecule has 0 spiro atoms. The molecule has 0 bridgehead atoms. The van der Waals surface area contributed by atoms with Crippen molar-refractivity contribution in [3.05, 3.63) is 64.2 Å². The van der Waals surface area contributed by atoms with Crippen LogP contribution in [0.1, 0.15) is 68.4 Å². The number of carbonyl (C=O) groups excluding carboxylic acids is 1. The molecule has 3 heteroatoms. The first-order valence-electron chi connectivity index (χ1n) is 10.0. The summed E-state index contributed by atoms with van der Waals surface area (Å²) in [6.45, 7) is 12.9. The fourth-order valence-corrected chi connectivity index (χ4v) is 3.20. The Hall–Kier alpha value is -2.29. The molecule has 2 rings (SSSR count). The van der Waals surface area contributed by atoms with Crippen LogP contribution in [0.15, 0.2) is 36.4 Å². The predicted molar refractivity (Wildman–Crippen MR) is 112 cm³/mol. The molecule has 0 radical (unpaired) electrons. The summed E-state index contributed by atoms with van der Waals surface area (Å²) in [6, 6.07) is 12.7. The van der Waals surface area contributed by atoms with E-state index in [4.69, 9.17) is 4.74 Å². The summed E-state index contributed by atoms with van der Waals surface area (Å²) in [5.41, 5.74) is 6.02. The van der Waals surface area contributed by atoms with Gasteiger partial charge in [-0.1, -0.05) is 58.0 Å². The number of nitrogens with one attached hydrogen (secondary N) is 1. The van der Waals surface area contributed by atoms with E-state index < -0.39 is 6.10 Å². The third-order valence-electron chi connectivity index (χ3n) is 4.98. The van der Waals surface area contributed by atoms with Gasteiger partial charge in [0.2, 0.25) is 0 Å². The highest BCUT2D eigenvalue weighted by molar-refractivity contribution is 5.80. The molecule has 1 amide bonds. The molecule has 0 saturated carbocycles. The van der Waals surface area contributed by atoms with E-state index >= 15 is 0 Å². The van der Waals surface area contributed by atoms with Gasteiger partial charge in [-0.15, -0.1) is 0 Å². The summed E-state index contributed by atoms with van der Waals surface area (Å²) < 4.78 is 6.03. The van der Waals surface area contributed by atoms with Gasteiger partial charge in [-0.25, -0.2) is 0 Å². The Kier molecular flexibility index (Phi) is 7.46. The summed E-state index contributed by atoms with van der Waals surface area (Å²) in [5, 5.41) is 3.04. The molecular formula is C24H33NO2. The van der Waals surface area contributed by atoms with Crippen molar-refractivity contribution in [2.24, 2.45) is 0 Å². The average Bonchev–Trinajstić information content (AvgIpc) is 2.65. The van der Waals surface area contributed by atoms with Gasteiger partial charge in [0.15, 0.2) is 6.10 Å². The predicted octanol–water partition coefficient (Wildman–Crippen LogP) is 5.33. The third-order valence-corrected chi connectivity index (χ3v) is 4.98. The molecule has 0 heterocycles. The van der Waals surface area contributed by atoms with Gasteiger partial charge in [-0.2, -0.15) is 0 Å². The van der Waals surface area contributed by atoms with Crippen LogP contribution < -0.4 is 10.1 Å². The van der Waals surface area contributed by atoms with Crippen LogP contribution in [0, 0.1) is 6.92 Å². The number of carbonyl (C=O) groups is 1. The molecule has 2 aromatic carbocycles. The topological polar surface area (TPSA) is 38.3 Å². The molecule has 3 nitrogen and oxygen atoms in total. The van der Waals surface area contributed by atoms with Crippen molar-refractivity contribution in [1.29, 1.82) is 0 Å². The number of hydrogen-bond donors (Lipinski definition) is 1. The van der Waals surface area contributed by atoms with E-state index in [0.29, 0.717) is 12.5 Å². The average molecular weight is 368 g/mol.